The number of benzene rings is 2. The number of amides is 2. The average Bonchev–Trinajstić information content (AvgIpc) is 2.80. The molecule has 3 aromatic rings. The van der Waals surface area contributed by atoms with Crippen molar-refractivity contribution in [1.82, 2.24) is 15.3 Å². The van der Waals surface area contributed by atoms with E-state index < -0.39 is 0 Å². The molecule has 3 N–H and O–H groups in total. The number of para-hydroxylation sites is 1. The van der Waals surface area contributed by atoms with E-state index in [-0.39, 0.29) is 6.03 Å². The topological polar surface area (TPSA) is 85.4 Å². The van der Waals surface area contributed by atoms with Crippen LogP contribution in [0, 0.1) is 0 Å². The van der Waals surface area contributed by atoms with Crippen LogP contribution in [-0.2, 0) is 0 Å². The van der Waals surface area contributed by atoms with E-state index in [1.54, 1.807) is 13.1 Å². The largest absolute Gasteiger partial charge is 0.369 e. The van der Waals surface area contributed by atoms with Crippen LogP contribution in [0.15, 0.2) is 67.0 Å². The van der Waals surface area contributed by atoms with Gasteiger partial charge in [0.05, 0.1) is 0 Å². The molecule has 1 aliphatic rings. The van der Waals surface area contributed by atoms with E-state index in [1.165, 1.54) is 16.9 Å². The Morgan fingerprint density at radius 3 is 2.47 bits per heavy atom. The van der Waals surface area contributed by atoms with Gasteiger partial charge in [-0.2, -0.15) is 0 Å². The van der Waals surface area contributed by atoms with Gasteiger partial charge in [-0.15, -0.1) is 0 Å². The molecule has 0 atom stereocenters. The number of aromatic nitrogens is 2. The second kappa shape index (κ2) is 9.23. The highest BCUT2D eigenvalue weighted by Crippen LogP contribution is 2.22. The number of hydrogen-bond donors (Lipinski definition) is 3. The molecule has 8 nitrogen and oxygen atoms in total. The van der Waals surface area contributed by atoms with Crippen LogP contribution in [-0.4, -0.2) is 49.2 Å². The number of hydrogen-bond acceptors (Lipinski definition) is 6. The fourth-order valence-electron chi connectivity index (χ4n) is 3.26. The molecule has 4 rings (SSSR count). The highest BCUT2D eigenvalue weighted by atomic mass is 16.2. The summed E-state index contributed by atoms with van der Waals surface area (Å²) in [7, 11) is 1.67. The normalized spacial score (nSPS) is 13.6. The van der Waals surface area contributed by atoms with Crippen molar-refractivity contribution in [1.29, 1.82) is 0 Å². The number of carbonyl (C=O) groups is 1. The van der Waals surface area contributed by atoms with Crippen LogP contribution in [0.5, 0.6) is 0 Å². The first kappa shape index (κ1) is 19.7. The maximum Gasteiger partial charge on any atom is 0.327 e. The van der Waals surface area contributed by atoms with E-state index in [2.05, 4.69) is 43.0 Å². The van der Waals surface area contributed by atoms with Crippen molar-refractivity contribution in [3.63, 3.8) is 0 Å². The van der Waals surface area contributed by atoms with Gasteiger partial charge in [0.1, 0.15) is 18.0 Å². The van der Waals surface area contributed by atoms with Crippen molar-refractivity contribution < 1.29 is 4.79 Å². The van der Waals surface area contributed by atoms with Gasteiger partial charge in [-0.05, 0) is 36.4 Å². The van der Waals surface area contributed by atoms with Crippen molar-refractivity contribution in [2.45, 2.75) is 0 Å². The second-order valence-electron chi connectivity index (χ2n) is 7.03. The lowest BCUT2D eigenvalue weighted by Gasteiger charge is -2.29. The standard InChI is InChI=1S/C22H25N7O/c1-28(22(30)27-17-5-3-2-4-6-17)21-15-20(24-16-25-21)26-18-7-9-19(10-8-18)29-13-11-23-12-14-29/h2-10,15-16,23H,11-14H2,1H3,(H,27,30)(H,24,25,26). The van der Waals surface area contributed by atoms with Crippen molar-refractivity contribution >= 4 is 34.7 Å². The van der Waals surface area contributed by atoms with Gasteiger partial charge in [-0.25, -0.2) is 14.8 Å². The number of piperazine rings is 1. The van der Waals surface area contributed by atoms with E-state index >= 15 is 0 Å². The number of nitrogens with zero attached hydrogens (tertiary/aromatic N) is 4. The molecule has 2 aromatic carbocycles. The van der Waals surface area contributed by atoms with Crippen LogP contribution in [0.1, 0.15) is 0 Å². The van der Waals surface area contributed by atoms with Crippen molar-refractivity contribution in [3.05, 3.63) is 67.0 Å². The third kappa shape index (κ3) is 4.84. The van der Waals surface area contributed by atoms with Gasteiger partial charge in [0.2, 0.25) is 0 Å². The summed E-state index contributed by atoms with van der Waals surface area (Å²) < 4.78 is 0. The first-order valence-electron chi connectivity index (χ1n) is 9.93. The predicted octanol–water partition coefficient (Wildman–Crippen LogP) is 3.30. The molecule has 1 saturated heterocycles. The van der Waals surface area contributed by atoms with Crippen LogP contribution >= 0.6 is 0 Å². The van der Waals surface area contributed by atoms with E-state index in [4.69, 9.17) is 0 Å². The maximum atomic E-state index is 12.5. The summed E-state index contributed by atoms with van der Waals surface area (Å²) >= 11 is 0. The third-order valence-corrected chi connectivity index (χ3v) is 4.95. The molecule has 1 fully saturated rings. The molecule has 30 heavy (non-hydrogen) atoms. The number of urea groups is 1. The number of carbonyl (C=O) groups excluding carboxylic acids is 1. The fraction of sp³-hybridized carbons (Fsp3) is 0.227. The quantitative estimate of drug-likeness (QED) is 0.606. The van der Waals surface area contributed by atoms with Crippen LogP contribution in [0.25, 0.3) is 0 Å². The van der Waals surface area contributed by atoms with Gasteiger partial charge in [-0.3, -0.25) is 4.90 Å². The van der Waals surface area contributed by atoms with Gasteiger partial charge in [0, 0.05) is 56.4 Å². The summed E-state index contributed by atoms with van der Waals surface area (Å²) in [5, 5.41) is 9.48. The molecule has 0 aliphatic carbocycles. The molecule has 1 aromatic heterocycles. The lowest BCUT2D eigenvalue weighted by Crippen LogP contribution is -2.43. The first-order valence-corrected chi connectivity index (χ1v) is 9.93. The average molecular weight is 403 g/mol. The number of rotatable bonds is 5. The zero-order valence-electron chi connectivity index (χ0n) is 16.9. The summed E-state index contributed by atoms with van der Waals surface area (Å²) in [6.45, 7) is 4.04. The molecular formula is C22H25N7O. The van der Waals surface area contributed by atoms with E-state index in [0.717, 1.165) is 37.6 Å². The summed E-state index contributed by atoms with van der Waals surface area (Å²) in [5.41, 5.74) is 2.86. The summed E-state index contributed by atoms with van der Waals surface area (Å²) in [6, 6.07) is 19.1. The smallest absolute Gasteiger partial charge is 0.327 e. The van der Waals surface area contributed by atoms with Gasteiger partial charge >= 0.3 is 6.03 Å². The number of nitrogens with one attached hydrogen (secondary N) is 3. The Labute approximate surface area is 175 Å². The zero-order valence-corrected chi connectivity index (χ0v) is 16.9. The lowest BCUT2D eigenvalue weighted by atomic mass is 10.2. The Hall–Kier alpha value is -3.65. The Kier molecular flexibility index (Phi) is 6.05. The molecule has 2 amide bonds. The molecule has 0 unspecified atom stereocenters. The monoisotopic (exact) mass is 403 g/mol. The van der Waals surface area contributed by atoms with Gasteiger partial charge < -0.3 is 20.9 Å². The maximum absolute atomic E-state index is 12.5. The summed E-state index contributed by atoms with van der Waals surface area (Å²) in [6.07, 6.45) is 1.44. The molecule has 0 saturated carbocycles. The Morgan fingerprint density at radius 1 is 1.00 bits per heavy atom. The Balaban J connectivity index is 1.41. The molecule has 1 aliphatic heterocycles. The van der Waals surface area contributed by atoms with Crippen molar-refractivity contribution in [2.24, 2.45) is 0 Å². The highest BCUT2D eigenvalue weighted by Gasteiger charge is 2.14. The predicted molar refractivity (Wildman–Crippen MR) is 121 cm³/mol. The fourth-order valence-corrected chi connectivity index (χ4v) is 3.26. The van der Waals surface area contributed by atoms with E-state index in [1.807, 2.05) is 42.5 Å². The molecular weight excluding hydrogens is 378 g/mol. The van der Waals surface area contributed by atoms with Crippen LogP contribution in [0.4, 0.5) is 33.5 Å². The summed E-state index contributed by atoms with van der Waals surface area (Å²) in [4.78, 5) is 24.8. The zero-order chi connectivity index (χ0) is 20.8. The van der Waals surface area contributed by atoms with Crippen LogP contribution in [0.3, 0.4) is 0 Å². The first-order chi connectivity index (χ1) is 14.7. The lowest BCUT2D eigenvalue weighted by molar-refractivity contribution is 0.258. The van der Waals surface area contributed by atoms with Gasteiger partial charge in [0.25, 0.3) is 0 Å². The summed E-state index contributed by atoms with van der Waals surface area (Å²) in [5.74, 6) is 1.12. The molecule has 0 spiro atoms. The number of anilines is 5. The Bertz CT molecular complexity index is 972. The van der Waals surface area contributed by atoms with E-state index in [0.29, 0.717) is 11.6 Å². The van der Waals surface area contributed by atoms with Gasteiger partial charge in [0.15, 0.2) is 0 Å². The van der Waals surface area contributed by atoms with Crippen molar-refractivity contribution in [2.75, 3.05) is 53.7 Å². The Morgan fingerprint density at radius 2 is 1.73 bits per heavy atom. The molecule has 2 heterocycles. The minimum atomic E-state index is -0.272. The van der Waals surface area contributed by atoms with Crippen LogP contribution < -0.4 is 25.8 Å². The SMILES string of the molecule is CN(C(=O)Nc1ccccc1)c1cc(Nc2ccc(N3CCNCC3)cc2)ncn1. The molecule has 0 bridgehead atoms. The van der Waals surface area contributed by atoms with E-state index in [9.17, 15) is 4.79 Å². The highest BCUT2D eigenvalue weighted by molar-refractivity contribution is 6.00. The molecule has 0 radical (unpaired) electrons. The van der Waals surface area contributed by atoms with Crippen molar-refractivity contribution in [3.8, 4) is 0 Å². The minimum Gasteiger partial charge on any atom is -0.369 e. The molecule has 154 valence electrons. The van der Waals surface area contributed by atoms with Gasteiger partial charge in [-0.1, -0.05) is 18.2 Å². The van der Waals surface area contributed by atoms with Crippen LogP contribution in [0.2, 0.25) is 0 Å². The second-order valence-corrected chi connectivity index (χ2v) is 7.03. The molecule has 8 heteroatoms. The third-order valence-electron chi connectivity index (χ3n) is 4.95. The minimum absolute atomic E-state index is 0.272.